The zero-order valence-electron chi connectivity index (χ0n) is 14.9. The summed E-state index contributed by atoms with van der Waals surface area (Å²) in [6.07, 6.45) is 6.76. The number of hydrogen-bond donors (Lipinski definition) is 2. The van der Waals surface area contributed by atoms with Gasteiger partial charge in [0.1, 0.15) is 11.6 Å². The first-order valence-electron chi connectivity index (χ1n) is 8.60. The molecule has 2 aromatic carbocycles. The summed E-state index contributed by atoms with van der Waals surface area (Å²) in [4.78, 5) is 0. The second-order valence-corrected chi connectivity index (χ2v) is 6.25. The van der Waals surface area contributed by atoms with E-state index in [1.54, 1.807) is 13.0 Å². The lowest BCUT2D eigenvalue weighted by Crippen LogP contribution is -2.23. The Hall–Kier alpha value is -2.75. The molecule has 26 heavy (non-hydrogen) atoms. The summed E-state index contributed by atoms with van der Waals surface area (Å²) in [6.45, 7) is 5.48. The van der Waals surface area contributed by atoms with Crippen LogP contribution in [0.15, 0.2) is 66.9 Å². The molecule has 2 aromatic rings. The van der Waals surface area contributed by atoms with E-state index in [4.69, 9.17) is 5.41 Å². The van der Waals surface area contributed by atoms with Crippen LogP contribution >= 0.6 is 0 Å². The minimum absolute atomic E-state index is 0.0496. The predicted octanol–water partition coefficient (Wildman–Crippen LogP) is 5.13. The zero-order chi connectivity index (χ0) is 18.9. The van der Waals surface area contributed by atoms with Gasteiger partial charge in [0.25, 0.3) is 0 Å². The number of aryl methyl sites for hydroxylation is 1. The molecule has 0 heterocycles. The molecule has 2 rings (SSSR count). The van der Waals surface area contributed by atoms with Crippen LogP contribution in [0.3, 0.4) is 0 Å². The normalized spacial score (nSPS) is 12.5. The van der Waals surface area contributed by atoms with Gasteiger partial charge >= 0.3 is 0 Å². The molecule has 0 aliphatic carbocycles. The van der Waals surface area contributed by atoms with E-state index in [-0.39, 0.29) is 6.04 Å². The number of hydrogen-bond acceptors (Lipinski definition) is 2. The molecule has 0 spiro atoms. The van der Waals surface area contributed by atoms with Crippen LogP contribution < -0.4 is 5.32 Å². The van der Waals surface area contributed by atoms with Crippen molar-refractivity contribution >= 4 is 6.21 Å². The van der Waals surface area contributed by atoms with Crippen LogP contribution in [0.5, 0.6) is 0 Å². The van der Waals surface area contributed by atoms with Crippen molar-refractivity contribution < 1.29 is 8.78 Å². The van der Waals surface area contributed by atoms with Crippen molar-refractivity contribution in [2.75, 3.05) is 0 Å². The highest BCUT2D eigenvalue weighted by molar-refractivity contribution is 5.76. The Labute approximate surface area is 153 Å². The quantitative estimate of drug-likeness (QED) is 0.475. The molecule has 1 atom stereocenters. The van der Waals surface area contributed by atoms with Gasteiger partial charge in [-0.3, -0.25) is 0 Å². The Kier molecular flexibility index (Phi) is 7.27. The van der Waals surface area contributed by atoms with E-state index in [2.05, 4.69) is 11.9 Å². The first-order valence-corrected chi connectivity index (χ1v) is 8.60. The standard InChI is InChI=1S/C22H24F2N2/c1-3-21(10-9-19-12-20(23)13-22(24)16(19)2)26-15-18(14-25)11-17-7-5-4-6-8-17/h3-8,12-15,21,25-26H,1,9-11H2,2H3/b18-15-,25-14?. The Morgan fingerprint density at radius 3 is 2.62 bits per heavy atom. The molecule has 0 amide bonds. The summed E-state index contributed by atoms with van der Waals surface area (Å²) in [5, 5.41) is 10.8. The van der Waals surface area contributed by atoms with E-state index in [1.165, 1.54) is 12.3 Å². The number of allylic oxidation sites excluding steroid dienone is 1. The Morgan fingerprint density at radius 1 is 1.23 bits per heavy atom. The Bertz CT molecular complexity index is 782. The second kappa shape index (κ2) is 9.66. The van der Waals surface area contributed by atoms with Crippen LogP contribution in [0, 0.1) is 24.0 Å². The summed E-state index contributed by atoms with van der Waals surface area (Å²) in [5.41, 5.74) is 3.12. The first-order chi connectivity index (χ1) is 12.5. The average Bonchev–Trinajstić information content (AvgIpc) is 2.65. The topological polar surface area (TPSA) is 35.9 Å². The smallest absolute Gasteiger partial charge is 0.129 e. The molecule has 2 nitrogen and oxygen atoms in total. The van der Waals surface area contributed by atoms with Gasteiger partial charge in [-0.2, -0.15) is 0 Å². The molecule has 0 radical (unpaired) electrons. The third-order valence-corrected chi connectivity index (χ3v) is 4.35. The van der Waals surface area contributed by atoms with Crippen LogP contribution in [0.2, 0.25) is 0 Å². The lowest BCUT2D eigenvalue weighted by atomic mass is 10.00. The minimum atomic E-state index is -0.555. The zero-order valence-corrected chi connectivity index (χ0v) is 14.9. The van der Waals surface area contributed by atoms with Crippen molar-refractivity contribution in [3.05, 3.63) is 95.2 Å². The van der Waals surface area contributed by atoms with Gasteiger partial charge in [-0.05, 0) is 48.1 Å². The van der Waals surface area contributed by atoms with Gasteiger partial charge in [0.2, 0.25) is 0 Å². The molecule has 0 saturated carbocycles. The number of benzene rings is 2. The molecular weight excluding hydrogens is 330 g/mol. The monoisotopic (exact) mass is 354 g/mol. The predicted molar refractivity (Wildman–Crippen MR) is 104 cm³/mol. The van der Waals surface area contributed by atoms with Gasteiger partial charge in [0.05, 0.1) is 0 Å². The fraction of sp³-hybridized carbons (Fsp3) is 0.227. The number of rotatable bonds is 9. The van der Waals surface area contributed by atoms with Crippen LogP contribution in [0.1, 0.15) is 23.1 Å². The molecule has 0 aliphatic heterocycles. The molecule has 136 valence electrons. The van der Waals surface area contributed by atoms with Gasteiger partial charge in [-0.25, -0.2) is 8.78 Å². The Morgan fingerprint density at radius 2 is 1.96 bits per heavy atom. The third kappa shape index (κ3) is 5.66. The Balaban J connectivity index is 1.98. The van der Waals surface area contributed by atoms with Gasteiger partial charge in [-0.15, -0.1) is 6.58 Å². The van der Waals surface area contributed by atoms with Crippen LogP contribution in [-0.4, -0.2) is 12.3 Å². The van der Waals surface area contributed by atoms with Crippen LogP contribution in [0.25, 0.3) is 0 Å². The van der Waals surface area contributed by atoms with E-state index < -0.39 is 11.6 Å². The molecule has 1 unspecified atom stereocenters. The number of nitrogens with one attached hydrogen (secondary N) is 2. The van der Waals surface area contributed by atoms with Gasteiger partial charge < -0.3 is 10.7 Å². The summed E-state index contributed by atoms with van der Waals surface area (Å²) in [7, 11) is 0. The van der Waals surface area contributed by atoms with E-state index in [0.29, 0.717) is 30.4 Å². The van der Waals surface area contributed by atoms with Crippen LogP contribution in [-0.2, 0) is 12.8 Å². The van der Waals surface area contributed by atoms with Crippen molar-refractivity contribution in [1.82, 2.24) is 5.32 Å². The molecule has 0 bridgehead atoms. The summed E-state index contributed by atoms with van der Waals surface area (Å²) < 4.78 is 27.1. The van der Waals surface area contributed by atoms with E-state index in [1.807, 2.05) is 36.5 Å². The van der Waals surface area contributed by atoms with Crippen molar-refractivity contribution in [1.29, 1.82) is 5.41 Å². The summed E-state index contributed by atoms with van der Waals surface area (Å²) in [5.74, 6) is -1.07. The lowest BCUT2D eigenvalue weighted by Gasteiger charge is -2.15. The minimum Gasteiger partial charge on any atom is -0.384 e. The average molecular weight is 354 g/mol. The highest BCUT2D eigenvalue weighted by Crippen LogP contribution is 2.17. The molecule has 4 heteroatoms. The van der Waals surface area contributed by atoms with E-state index in [9.17, 15) is 8.78 Å². The molecule has 2 N–H and O–H groups in total. The second-order valence-electron chi connectivity index (χ2n) is 6.25. The van der Waals surface area contributed by atoms with E-state index in [0.717, 1.165) is 17.2 Å². The van der Waals surface area contributed by atoms with Crippen molar-refractivity contribution in [3.8, 4) is 0 Å². The van der Waals surface area contributed by atoms with Gasteiger partial charge in [0.15, 0.2) is 0 Å². The summed E-state index contributed by atoms with van der Waals surface area (Å²) in [6, 6.07) is 12.2. The van der Waals surface area contributed by atoms with Crippen molar-refractivity contribution in [2.45, 2.75) is 32.2 Å². The lowest BCUT2D eigenvalue weighted by molar-refractivity contribution is 0.567. The largest absolute Gasteiger partial charge is 0.384 e. The van der Waals surface area contributed by atoms with Crippen LogP contribution in [0.4, 0.5) is 8.78 Å². The maximum atomic E-state index is 13.6. The first kappa shape index (κ1) is 19.6. The highest BCUT2D eigenvalue weighted by Gasteiger charge is 2.10. The maximum absolute atomic E-state index is 13.6. The van der Waals surface area contributed by atoms with Gasteiger partial charge in [-0.1, -0.05) is 36.4 Å². The van der Waals surface area contributed by atoms with E-state index >= 15 is 0 Å². The SMILES string of the molecule is C=CC(CCc1cc(F)cc(F)c1C)N/C=C(\C=N)Cc1ccccc1. The third-order valence-electron chi connectivity index (χ3n) is 4.35. The molecule has 0 aromatic heterocycles. The molecule has 0 fully saturated rings. The van der Waals surface area contributed by atoms with Crippen molar-refractivity contribution in [2.24, 2.45) is 0 Å². The fourth-order valence-electron chi connectivity index (χ4n) is 2.73. The molecule has 0 aliphatic rings. The molecular formula is C22H24F2N2. The highest BCUT2D eigenvalue weighted by atomic mass is 19.1. The fourth-order valence-corrected chi connectivity index (χ4v) is 2.73. The van der Waals surface area contributed by atoms with Crippen molar-refractivity contribution in [3.63, 3.8) is 0 Å². The summed E-state index contributed by atoms with van der Waals surface area (Å²) >= 11 is 0. The molecule has 0 saturated heterocycles. The maximum Gasteiger partial charge on any atom is 0.129 e. The van der Waals surface area contributed by atoms with Gasteiger partial charge in [0, 0.05) is 30.9 Å². The number of halogens is 2.